The van der Waals surface area contributed by atoms with Crippen molar-refractivity contribution in [2.75, 3.05) is 20.7 Å². The van der Waals surface area contributed by atoms with Crippen LogP contribution in [-0.4, -0.2) is 36.6 Å². The van der Waals surface area contributed by atoms with Crippen LogP contribution in [0.25, 0.3) is 0 Å². The lowest BCUT2D eigenvalue weighted by Gasteiger charge is -2.13. The minimum atomic E-state index is -0.223. The van der Waals surface area contributed by atoms with E-state index in [2.05, 4.69) is 0 Å². The summed E-state index contributed by atoms with van der Waals surface area (Å²) < 4.78 is 5.57. The number of hydrogen-bond donors (Lipinski definition) is 1. The molecule has 0 heterocycles. The monoisotopic (exact) mass is 235 g/mol. The maximum Gasteiger partial charge on any atom is 0.257 e. The zero-order valence-electron chi connectivity index (χ0n) is 10.1. The van der Waals surface area contributed by atoms with Crippen LogP contribution in [0.2, 0.25) is 0 Å². The van der Waals surface area contributed by atoms with E-state index in [-0.39, 0.29) is 17.2 Å². The van der Waals surface area contributed by atoms with Gasteiger partial charge in [-0.1, -0.05) is 0 Å². The first-order chi connectivity index (χ1) is 8.08. The Morgan fingerprint density at radius 1 is 1.47 bits per heavy atom. The van der Waals surface area contributed by atoms with Crippen molar-refractivity contribution in [3.05, 3.63) is 23.8 Å². The third-order valence-electron chi connectivity index (χ3n) is 2.79. The molecule has 0 aromatic heterocycles. The molecule has 0 aliphatic heterocycles. The van der Waals surface area contributed by atoms with E-state index < -0.39 is 0 Å². The van der Waals surface area contributed by atoms with E-state index in [9.17, 15) is 9.90 Å². The SMILES string of the molecule is CN(C)C(=O)c1cc(OCC2CC2)ccc1O. The van der Waals surface area contributed by atoms with Gasteiger partial charge in [-0.05, 0) is 37.0 Å². The smallest absolute Gasteiger partial charge is 0.257 e. The molecule has 0 atom stereocenters. The molecule has 1 aliphatic carbocycles. The summed E-state index contributed by atoms with van der Waals surface area (Å²) in [5, 5.41) is 9.64. The van der Waals surface area contributed by atoms with Gasteiger partial charge < -0.3 is 14.7 Å². The Kier molecular flexibility index (Phi) is 3.22. The van der Waals surface area contributed by atoms with E-state index in [1.165, 1.54) is 23.8 Å². The molecule has 4 nitrogen and oxygen atoms in total. The molecule has 2 rings (SSSR count). The first-order valence-electron chi connectivity index (χ1n) is 5.75. The Balaban J connectivity index is 2.12. The molecule has 1 aliphatic rings. The fourth-order valence-corrected chi connectivity index (χ4v) is 1.52. The van der Waals surface area contributed by atoms with E-state index >= 15 is 0 Å². The highest BCUT2D eigenvalue weighted by molar-refractivity contribution is 5.96. The molecule has 17 heavy (non-hydrogen) atoms. The van der Waals surface area contributed by atoms with Crippen LogP contribution >= 0.6 is 0 Å². The lowest BCUT2D eigenvalue weighted by molar-refractivity contribution is 0.0824. The number of phenolic OH excluding ortho intramolecular Hbond substituents is 1. The average molecular weight is 235 g/mol. The lowest BCUT2D eigenvalue weighted by atomic mass is 10.1. The van der Waals surface area contributed by atoms with Gasteiger partial charge >= 0.3 is 0 Å². The van der Waals surface area contributed by atoms with Crippen molar-refractivity contribution in [3.63, 3.8) is 0 Å². The van der Waals surface area contributed by atoms with Gasteiger partial charge in [0.05, 0.1) is 12.2 Å². The highest BCUT2D eigenvalue weighted by Gasteiger charge is 2.22. The maximum absolute atomic E-state index is 11.8. The topological polar surface area (TPSA) is 49.8 Å². The minimum absolute atomic E-state index is 0.0116. The van der Waals surface area contributed by atoms with E-state index in [0.29, 0.717) is 18.3 Å². The molecule has 1 aromatic rings. The van der Waals surface area contributed by atoms with Crippen LogP contribution in [0.3, 0.4) is 0 Å². The molecule has 0 radical (unpaired) electrons. The Bertz CT molecular complexity index is 425. The third-order valence-corrected chi connectivity index (χ3v) is 2.79. The second-order valence-corrected chi connectivity index (χ2v) is 4.63. The summed E-state index contributed by atoms with van der Waals surface area (Å²) in [5.74, 6) is 1.07. The Morgan fingerprint density at radius 2 is 2.18 bits per heavy atom. The lowest BCUT2D eigenvalue weighted by Crippen LogP contribution is -2.21. The van der Waals surface area contributed by atoms with Gasteiger partial charge in [0.1, 0.15) is 11.5 Å². The molecule has 0 saturated heterocycles. The Morgan fingerprint density at radius 3 is 2.76 bits per heavy atom. The molecular formula is C13H17NO3. The van der Waals surface area contributed by atoms with Crippen molar-refractivity contribution in [1.29, 1.82) is 0 Å². The third kappa shape index (κ3) is 2.90. The summed E-state index contributed by atoms with van der Waals surface area (Å²) in [4.78, 5) is 13.2. The van der Waals surface area contributed by atoms with E-state index in [1.807, 2.05) is 0 Å². The van der Waals surface area contributed by atoms with E-state index in [4.69, 9.17) is 4.74 Å². The number of nitrogens with zero attached hydrogens (tertiary/aromatic N) is 1. The average Bonchev–Trinajstić information content (AvgIpc) is 3.11. The van der Waals surface area contributed by atoms with Gasteiger partial charge in [0.25, 0.3) is 5.91 Å². The number of amides is 1. The van der Waals surface area contributed by atoms with Gasteiger partial charge in [0.15, 0.2) is 0 Å². The van der Waals surface area contributed by atoms with Crippen molar-refractivity contribution >= 4 is 5.91 Å². The molecule has 1 fully saturated rings. The number of benzene rings is 1. The summed E-state index contributed by atoms with van der Waals surface area (Å²) in [6.45, 7) is 0.695. The normalized spacial score (nSPS) is 14.5. The molecule has 0 unspecified atom stereocenters. The summed E-state index contributed by atoms with van der Waals surface area (Å²) in [7, 11) is 3.30. The van der Waals surface area contributed by atoms with Crippen molar-refractivity contribution in [1.82, 2.24) is 4.90 Å². The number of carbonyl (C=O) groups is 1. The zero-order chi connectivity index (χ0) is 12.4. The maximum atomic E-state index is 11.8. The Hall–Kier alpha value is -1.71. The van der Waals surface area contributed by atoms with Gasteiger partial charge in [-0.3, -0.25) is 4.79 Å². The van der Waals surface area contributed by atoms with Crippen LogP contribution in [0.4, 0.5) is 0 Å². The number of ether oxygens (including phenoxy) is 1. The van der Waals surface area contributed by atoms with Crippen LogP contribution in [-0.2, 0) is 0 Å². The molecule has 1 amide bonds. The predicted octanol–water partition coefficient (Wildman–Crippen LogP) is 1.88. The molecule has 0 spiro atoms. The highest BCUT2D eigenvalue weighted by atomic mass is 16.5. The zero-order valence-corrected chi connectivity index (χ0v) is 10.1. The molecular weight excluding hydrogens is 218 g/mol. The molecule has 1 N–H and O–H groups in total. The van der Waals surface area contributed by atoms with Crippen LogP contribution in [0, 0.1) is 5.92 Å². The van der Waals surface area contributed by atoms with Crippen molar-refractivity contribution < 1.29 is 14.6 Å². The van der Waals surface area contributed by atoms with E-state index in [0.717, 1.165) is 0 Å². The first-order valence-corrected chi connectivity index (χ1v) is 5.75. The van der Waals surface area contributed by atoms with Crippen LogP contribution < -0.4 is 4.74 Å². The van der Waals surface area contributed by atoms with Gasteiger partial charge in [-0.15, -0.1) is 0 Å². The Labute approximate surface area is 101 Å². The number of phenols is 1. The number of rotatable bonds is 4. The standard InChI is InChI=1S/C13H17NO3/c1-14(2)13(16)11-7-10(5-6-12(11)15)17-8-9-3-4-9/h5-7,9,15H,3-4,8H2,1-2H3. The number of carbonyl (C=O) groups excluding carboxylic acids is 1. The summed E-state index contributed by atoms with van der Waals surface area (Å²) in [6, 6.07) is 4.78. The van der Waals surface area contributed by atoms with Gasteiger partial charge in [-0.25, -0.2) is 0 Å². The second kappa shape index (κ2) is 4.65. The van der Waals surface area contributed by atoms with Crippen molar-refractivity contribution in [3.8, 4) is 11.5 Å². The van der Waals surface area contributed by atoms with Crippen LogP contribution in [0.1, 0.15) is 23.2 Å². The molecule has 4 heteroatoms. The summed E-state index contributed by atoms with van der Waals surface area (Å²) in [6.07, 6.45) is 2.45. The van der Waals surface area contributed by atoms with Crippen molar-refractivity contribution in [2.45, 2.75) is 12.8 Å². The minimum Gasteiger partial charge on any atom is -0.507 e. The number of hydrogen-bond acceptors (Lipinski definition) is 3. The molecule has 0 bridgehead atoms. The first kappa shape index (κ1) is 11.8. The summed E-state index contributed by atoms with van der Waals surface area (Å²) in [5.41, 5.74) is 0.281. The molecule has 1 saturated carbocycles. The molecule has 1 aromatic carbocycles. The second-order valence-electron chi connectivity index (χ2n) is 4.63. The largest absolute Gasteiger partial charge is 0.507 e. The van der Waals surface area contributed by atoms with Gasteiger partial charge in [-0.2, -0.15) is 0 Å². The predicted molar refractivity (Wildman–Crippen MR) is 64.3 cm³/mol. The van der Waals surface area contributed by atoms with Crippen molar-refractivity contribution in [2.24, 2.45) is 5.92 Å². The van der Waals surface area contributed by atoms with Crippen LogP contribution in [0.15, 0.2) is 18.2 Å². The number of aromatic hydroxyl groups is 1. The van der Waals surface area contributed by atoms with Gasteiger partial charge in [0, 0.05) is 14.1 Å². The quantitative estimate of drug-likeness (QED) is 0.867. The molecule has 92 valence electrons. The summed E-state index contributed by atoms with van der Waals surface area (Å²) >= 11 is 0. The van der Waals surface area contributed by atoms with Gasteiger partial charge in [0.2, 0.25) is 0 Å². The highest BCUT2D eigenvalue weighted by Crippen LogP contribution is 2.30. The van der Waals surface area contributed by atoms with Crippen LogP contribution in [0.5, 0.6) is 11.5 Å². The fraction of sp³-hybridized carbons (Fsp3) is 0.462. The van der Waals surface area contributed by atoms with E-state index in [1.54, 1.807) is 26.2 Å². The fourth-order valence-electron chi connectivity index (χ4n) is 1.52.